The van der Waals surface area contributed by atoms with Crippen LogP contribution in [0.1, 0.15) is 28.8 Å². The number of amides is 1. The number of benzene rings is 1. The van der Waals surface area contributed by atoms with Gasteiger partial charge in [-0.25, -0.2) is 17.7 Å². The van der Waals surface area contributed by atoms with E-state index < -0.39 is 15.6 Å². The third-order valence-corrected chi connectivity index (χ3v) is 6.19. The highest BCUT2D eigenvalue weighted by Gasteiger charge is 2.45. The number of halogens is 1. The number of hydrogen-bond acceptors (Lipinski definition) is 4. The van der Waals surface area contributed by atoms with Crippen LogP contribution in [0.15, 0.2) is 47.6 Å². The topological polar surface area (TPSA) is 79.4 Å². The van der Waals surface area contributed by atoms with Crippen LogP contribution in [0.25, 0.3) is 0 Å². The maximum atomic E-state index is 12.5. The largest absolute Gasteiger partial charge is 0.342 e. The first-order chi connectivity index (χ1) is 11.7. The molecule has 132 valence electrons. The Bertz CT molecular complexity index is 907. The number of nitrogens with one attached hydrogen (secondary N) is 1. The van der Waals surface area contributed by atoms with Gasteiger partial charge in [0, 0.05) is 25.3 Å². The minimum atomic E-state index is -3.61. The molecule has 0 bridgehead atoms. The number of pyridine rings is 1. The predicted octanol–water partition coefficient (Wildman–Crippen LogP) is 2.40. The van der Waals surface area contributed by atoms with Gasteiger partial charge in [-0.15, -0.1) is 0 Å². The molecule has 1 aromatic heterocycles. The van der Waals surface area contributed by atoms with Gasteiger partial charge >= 0.3 is 0 Å². The lowest BCUT2D eigenvalue weighted by molar-refractivity contribution is 0.0930. The molecule has 0 radical (unpaired) electrons. The summed E-state index contributed by atoms with van der Waals surface area (Å²) in [5.74, 6) is -0.293. The highest BCUT2D eigenvalue weighted by atomic mass is 35.5. The van der Waals surface area contributed by atoms with Crippen molar-refractivity contribution in [1.29, 1.82) is 0 Å². The number of carbonyl (C=O) groups is 1. The lowest BCUT2D eigenvalue weighted by Crippen LogP contribution is -2.35. The molecule has 1 N–H and O–H groups in total. The van der Waals surface area contributed by atoms with E-state index in [0.717, 1.165) is 22.7 Å². The number of rotatable bonds is 5. The van der Waals surface area contributed by atoms with Gasteiger partial charge < -0.3 is 5.32 Å². The molecule has 0 atom stereocenters. The molecule has 0 unspecified atom stereocenters. The average molecular weight is 380 g/mol. The van der Waals surface area contributed by atoms with Crippen LogP contribution >= 0.6 is 11.6 Å². The normalized spacial score (nSPS) is 15.8. The highest BCUT2D eigenvalue weighted by molar-refractivity contribution is 7.89. The lowest BCUT2D eigenvalue weighted by Gasteiger charge is -2.18. The van der Waals surface area contributed by atoms with Gasteiger partial charge in [-0.05, 0) is 42.7 Å². The average Bonchev–Trinajstić information content (AvgIpc) is 3.35. The van der Waals surface area contributed by atoms with Crippen LogP contribution in [0.2, 0.25) is 5.02 Å². The Morgan fingerprint density at radius 3 is 2.48 bits per heavy atom. The first-order valence-electron chi connectivity index (χ1n) is 7.72. The van der Waals surface area contributed by atoms with Gasteiger partial charge in [0.2, 0.25) is 0 Å². The Labute approximate surface area is 151 Å². The van der Waals surface area contributed by atoms with E-state index in [1.54, 1.807) is 6.07 Å². The third-order valence-electron chi connectivity index (χ3n) is 4.22. The van der Waals surface area contributed by atoms with Crippen molar-refractivity contribution in [1.82, 2.24) is 14.6 Å². The summed E-state index contributed by atoms with van der Waals surface area (Å²) in [6.07, 6.45) is 2.94. The zero-order valence-electron chi connectivity index (χ0n) is 13.9. The number of carbonyl (C=O) groups excluding carboxylic acids is 1. The molecule has 0 aliphatic heterocycles. The fourth-order valence-corrected chi connectivity index (χ4v) is 3.53. The Balaban J connectivity index is 1.78. The number of aromatic nitrogens is 1. The molecule has 0 spiro atoms. The summed E-state index contributed by atoms with van der Waals surface area (Å²) in [6.45, 7) is 0. The van der Waals surface area contributed by atoms with Crippen molar-refractivity contribution in [3.8, 4) is 0 Å². The molecule has 1 aliphatic rings. The second-order valence-corrected chi connectivity index (χ2v) is 8.75. The van der Waals surface area contributed by atoms with Crippen LogP contribution in [-0.2, 0) is 15.6 Å². The van der Waals surface area contributed by atoms with Gasteiger partial charge in [0.15, 0.2) is 5.03 Å². The molecule has 1 aliphatic carbocycles. The fourth-order valence-electron chi connectivity index (χ4n) is 2.54. The molecular weight excluding hydrogens is 362 g/mol. The predicted molar refractivity (Wildman–Crippen MR) is 94.9 cm³/mol. The van der Waals surface area contributed by atoms with Crippen LogP contribution in [0, 0.1) is 0 Å². The first kappa shape index (κ1) is 17.8. The molecule has 6 nitrogen and oxygen atoms in total. The molecule has 1 saturated carbocycles. The molecule has 1 aromatic carbocycles. The molecule has 2 aromatic rings. The maximum absolute atomic E-state index is 12.5. The summed E-state index contributed by atoms with van der Waals surface area (Å²) >= 11 is 6.03. The Hall–Kier alpha value is -1.96. The van der Waals surface area contributed by atoms with Crippen molar-refractivity contribution in [2.24, 2.45) is 0 Å². The maximum Gasteiger partial charge on any atom is 0.260 e. The zero-order chi connectivity index (χ0) is 18.2. The summed E-state index contributed by atoms with van der Waals surface area (Å²) in [6, 6.07) is 10.2. The van der Waals surface area contributed by atoms with Crippen molar-refractivity contribution in [2.45, 2.75) is 23.4 Å². The van der Waals surface area contributed by atoms with Crippen molar-refractivity contribution >= 4 is 27.5 Å². The Morgan fingerprint density at radius 1 is 1.24 bits per heavy atom. The van der Waals surface area contributed by atoms with Gasteiger partial charge in [-0.3, -0.25) is 4.79 Å². The van der Waals surface area contributed by atoms with E-state index in [-0.39, 0.29) is 10.9 Å². The molecule has 25 heavy (non-hydrogen) atoms. The minimum absolute atomic E-state index is 0.0926. The van der Waals surface area contributed by atoms with Crippen LogP contribution in [0.3, 0.4) is 0 Å². The molecular formula is C17H18ClN3O3S. The van der Waals surface area contributed by atoms with E-state index in [1.165, 1.54) is 32.4 Å². The molecule has 1 heterocycles. The van der Waals surface area contributed by atoms with Gasteiger partial charge in [0.1, 0.15) is 0 Å². The lowest BCUT2D eigenvalue weighted by atomic mass is 10.0. The summed E-state index contributed by atoms with van der Waals surface area (Å²) in [4.78, 5) is 16.4. The van der Waals surface area contributed by atoms with Crippen LogP contribution in [-0.4, -0.2) is 37.7 Å². The van der Waals surface area contributed by atoms with E-state index in [2.05, 4.69) is 10.3 Å². The first-order valence-corrected chi connectivity index (χ1v) is 9.54. The minimum Gasteiger partial charge on any atom is -0.342 e. The van der Waals surface area contributed by atoms with E-state index in [4.69, 9.17) is 11.6 Å². The van der Waals surface area contributed by atoms with Crippen LogP contribution < -0.4 is 5.32 Å². The van der Waals surface area contributed by atoms with Crippen LogP contribution in [0.5, 0.6) is 0 Å². The quantitative estimate of drug-likeness (QED) is 0.865. The third kappa shape index (κ3) is 3.53. The second-order valence-electron chi connectivity index (χ2n) is 6.22. The smallest absolute Gasteiger partial charge is 0.260 e. The van der Waals surface area contributed by atoms with E-state index in [1.807, 2.05) is 18.2 Å². The molecule has 0 saturated heterocycles. The van der Waals surface area contributed by atoms with Gasteiger partial charge in [0.05, 0.1) is 11.1 Å². The monoisotopic (exact) mass is 379 g/mol. The summed E-state index contributed by atoms with van der Waals surface area (Å²) < 4.78 is 25.1. The summed E-state index contributed by atoms with van der Waals surface area (Å²) in [7, 11) is -0.754. The molecule has 3 rings (SSSR count). The van der Waals surface area contributed by atoms with Crippen LogP contribution in [0.4, 0.5) is 0 Å². The Morgan fingerprint density at radius 2 is 1.96 bits per heavy atom. The molecule has 1 fully saturated rings. The van der Waals surface area contributed by atoms with Crippen molar-refractivity contribution in [2.75, 3.05) is 14.1 Å². The van der Waals surface area contributed by atoms with Gasteiger partial charge in [-0.1, -0.05) is 23.7 Å². The highest BCUT2D eigenvalue weighted by Crippen LogP contribution is 2.46. The number of hydrogen-bond donors (Lipinski definition) is 1. The van der Waals surface area contributed by atoms with E-state index in [0.29, 0.717) is 10.6 Å². The summed E-state index contributed by atoms with van der Waals surface area (Å²) in [5, 5.41) is 3.54. The van der Waals surface area contributed by atoms with Crippen molar-refractivity contribution in [3.05, 3.63) is 58.7 Å². The number of sulfonamides is 1. The zero-order valence-corrected chi connectivity index (χ0v) is 15.4. The fraction of sp³-hybridized carbons (Fsp3) is 0.294. The second kappa shape index (κ2) is 6.40. The van der Waals surface area contributed by atoms with E-state index in [9.17, 15) is 13.2 Å². The SMILES string of the molecule is CN(C)S(=O)(=O)c1ccc(C(=O)NC2(c3cccc(Cl)c3)CC2)cn1. The van der Waals surface area contributed by atoms with Gasteiger partial charge in [0.25, 0.3) is 15.9 Å². The van der Waals surface area contributed by atoms with Gasteiger partial charge in [-0.2, -0.15) is 0 Å². The summed E-state index contributed by atoms with van der Waals surface area (Å²) in [5.41, 5.74) is 0.871. The number of nitrogens with zero attached hydrogens (tertiary/aromatic N) is 2. The molecule has 8 heteroatoms. The van der Waals surface area contributed by atoms with E-state index >= 15 is 0 Å². The van der Waals surface area contributed by atoms with Crippen molar-refractivity contribution < 1.29 is 13.2 Å². The van der Waals surface area contributed by atoms with Crippen molar-refractivity contribution in [3.63, 3.8) is 0 Å². The Kier molecular flexibility index (Phi) is 4.57. The molecule has 1 amide bonds. The standard InChI is InChI=1S/C17H18ClN3O3S/c1-21(2)25(23,24)15-7-6-12(11-19-15)16(22)20-17(8-9-17)13-4-3-5-14(18)10-13/h3-7,10-11H,8-9H2,1-2H3,(H,20,22).